The molecule has 0 radical (unpaired) electrons. The first-order valence-electron chi connectivity index (χ1n) is 9.58. The normalized spacial score (nSPS) is 10.5. The summed E-state index contributed by atoms with van der Waals surface area (Å²) in [5.41, 5.74) is 2.61. The van der Waals surface area contributed by atoms with Crippen LogP contribution in [-0.4, -0.2) is 18.5 Å². The smallest absolute Gasteiger partial charge is 0.344 e. The van der Waals surface area contributed by atoms with E-state index in [2.05, 4.69) is 6.92 Å². The van der Waals surface area contributed by atoms with Crippen LogP contribution in [0.3, 0.4) is 0 Å². The Morgan fingerprint density at radius 3 is 2.15 bits per heavy atom. The molecule has 0 aliphatic heterocycles. The molecule has 2 aromatic carbocycles. The molecule has 0 saturated heterocycles. The molecule has 0 amide bonds. The fourth-order valence-electron chi connectivity index (χ4n) is 2.73. The number of benzene rings is 2. The Bertz CT molecular complexity index is 780. The van der Waals surface area contributed by atoms with Gasteiger partial charge in [0.2, 0.25) is 0 Å². The molecular weight excluding hydrogens is 340 g/mol. The van der Waals surface area contributed by atoms with Gasteiger partial charge in [-0.15, -0.1) is 0 Å². The summed E-state index contributed by atoms with van der Waals surface area (Å²) in [5.74, 6) is -0.589. The predicted molar refractivity (Wildman–Crippen MR) is 106 cm³/mol. The van der Waals surface area contributed by atoms with Gasteiger partial charge in [-0.05, 0) is 55.7 Å². The number of hydrogen-bond acceptors (Lipinski definition) is 4. The van der Waals surface area contributed by atoms with Gasteiger partial charge in [0.25, 0.3) is 0 Å². The molecule has 4 nitrogen and oxygen atoms in total. The maximum atomic E-state index is 12.6. The Morgan fingerprint density at radius 2 is 1.48 bits per heavy atom. The van der Waals surface area contributed by atoms with Gasteiger partial charge in [-0.1, -0.05) is 50.8 Å². The number of rotatable bonds is 9. The van der Waals surface area contributed by atoms with E-state index in [-0.39, 0.29) is 11.1 Å². The van der Waals surface area contributed by atoms with E-state index in [1.807, 2.05) is 26.0 Å². The van der Waals surface area contributed by atoms with Gasteiger partial charge in [0.15, 0.2) is 0 Å². The number of hydrogen-bond donors (Lipinski definition) is 0. The van der Waals surface area contributed by atoms with Crippen molar-refractivity contribution in [3.8, 4) is 5.75 Å². The van der Waals surface area contributed by atoms with Crippen LogP contribution in [-0.2, 0) is 4.74 Å². The van der Waals surface area contributed by atoms with E-state index in [4.69, 9.17) is 9.47 Å². The topological polar surface area (TPSA) is 52.6 Å². The van der Waals surface area contributed by atoms with E-state index in [0.717, 1.165) is 30.4 Å². The van der Waals surface area contributed by atoms with E-state index in [9.17, 15) is 9.59 Å². The largest absolute Gasteiger partial charge is 0.462 e. The van der Waals surface area contributed by atoms with Crippen molar-refractivity contribution in [3.63, 3.8) is 0 Å². The number of carbonyl (C=O) groups is 2. The third kappa shape index (κ3) is 6.24. The highest BCUT2D eigenvalue weighted by atomic mass is 16.5. The number of esters is 2. The lowest BCUT2D eigenvalue weighted by molar-refractivity contribution is 0.0489. The van der Waals surface area contributed by atoms with Crippen molar-refractivity contribution in [3.05, 3.63) is 64.7 Å². The van der Waals surface area contributed by atoms with Crippen LogP contribution < -0.4 is 4.74 Å². The van der Waals surface area contributed by atoms with Crippen molar-refractivity contribution < 1.29 is 19.1 Å². The maximum Gasteiger partial charge on any atom is 0.344 e. The molecule has 0 aliphatic carbocycles. The van der Waals surface area contributed by atoms with Crippen molar-refractivity contribution in [2.75, 3.05) is 6.61 Å². The standard InChI is InChI=1S/C23H28O4/c1-4-5-6-7-10-15-26-22(24)20-11-8-9-12-21(20)23(25)27-19-14-13-17(2)18(3)16-19/h8-9,11-14,16H,4-7,10,15H2,1-3H3. The molecule has 0 aromatic heterocycles. The summed E-state index contributed by atoms with van der Waals surface area (Å²) < 4.78 is 10.8. The van der Waals surface area contributed by atoms with Gasteiger partial charge in [0, 0.05) is 0 Å². The second-order valence-electron chi connectivity index (χ2n) is 6.73. The molecule has 0 aliphatic rings. The van der Waals surface area contributed by atoms with E-state index in [0.29, 0.717) is 12.4 Å². The van der Waals surface area contributed by atoms with E-state index in [1.165, 1.54) is 12.8 Å². The number of unbranched alkanes of at least 4 members (excludes halogenated alkanes) is 4. The van der Waals surface area contributed by atoms with E-state index >= 15 is 0 Å². The van der Waals surface area contributed by atoms with E-state index < -0.39 is 11.9 Å². The average molecular weight is 368 g/mol. The molecule has 0 fully saturated rings. The van der Waals surface area contributed by atoms with Gasteiger partial charge >= 0.3 is 11.9 Å². The quantitative estimate of drug-likeness (QED) is 0.326. The molecule has 0 saturated carbocycles. The highest BCUT2D eigenvalue weighted by Gasteiger charge is 2.19. The molecule has 4 heteroatoms. The SMILES string of the molecule is CCCCCCCOC(=O)c1ccccc1C(=O)Oc1ccc(C)c(C)c1. The van der Waals surface area contributed by atoms with Crippen LogP contribution >= 0.6 is 0 Å². The Balaban J connectivity index is 2.00. The van der Waals surface area contributed by atoms with Crippen molar-refractivity contribution >= 4 is 11.9 Å². The summed E-state index contributed by atoms with van der Waals surface area (Å²) >= 11 is 0. The van der Waals surface area contributed by atoms with Crippen molar-refractivity contribution in [1.29, 1.82) is 0 Å². The minimum atomic E-state index is -0.561. The Labute approximate surface area is 161 Å². The van der Waals surface area contributed by atoms with Crippen LogP contribution in [0, 0.1) is 13.8 Å². The lowest BCUT2D eigenvalue weighted by Gasteiger charge is -2.10. The van der Waals surface area contributed by atoms with Gasteiger partial charge in [-0.2, -0.15) is 0 Å². The maximum absolute atomic E-state index is 12.6. The predicted octanol–water partition coefficient (Wildman–Crippen LogP) is 5.65. The van der Waals surface area contributed by atoms with Crippen LogP contribution in [0.25, 0.3) is 0 Å². The van der Waals surface area contributed by atoms with Crippen molar-refractivity contribution in [2.45, 2.75) is 52.9 Å². The van der Waals surface area contributed by atoms with Crippen LogP contribution in [0.5, 0.6) is 5.75 Å². The van der Waals surface area contributed by atoms with Crippen molar-refractivity contribution in [1.82, 2.24) is 0 Å². The van der Waals surface area contributed by atoms with Crippen LogP contribution in [0.1, 0.15) is 70.9 Å². The fourth-order valence-corrected chi connectivity index (χ4v) is 2.73. The van der Waals surface area contributed by atoms with Gasteiger partial charge in [0.1, 0.15) is 5.75 Å². The lowest BCUT2D eigenvalue weighted by atomic mass is 10.1. The molecule has 2 aromatic rings. The molecule has 0 spiro atoms. The van der Waals surface area contributed by atoms with E-state index in [1.54, 1.807) is 30.3 Å². The van der Waals surface area contributed by atoms with Gasteiger partial charge < -0.3 is 9.47 Å². The van der Waals surface area contributed by atoms with Crippen molar-refractivity contribution in [2.24, 2.45) is 0 Å². The molecule has 27 heavy (non-hydrogen) atoms. The third-order valence-corrected chi connectivity index (χ3v) is 4.54. The average Bonchev–Trinajstić information content (AvgIpc) is 2.67. The zero-order valence-electron chi connectivity index (χ0n) is 16.4. The molecule has 0 bridgehead atoms. The number of carbonyl (C=O) groups excluding carboxylic acids is 2. The van der Waals surface area contributed by atoms with Crippen LogP contribution in [0.4, 0.5) is 0 Å². The summed E-state index contributed by atoms with van der Waals surface area (Å²) in [6.45, 7) is 6.48. The summed E-state index contributed by atoms with van der Waals surface area (Å²) in [7, 11) is 0. The summed E-state index contributed by atoms with van der Waals surface area (Å²) in [5, 5.41) is 0. The molecule has 2 rings (SSSR count). The molecule has 0 unspecified atom stereocenters. The third-order valence-electron chi connectivity index (χ3n) is 4.54. The zero-order chi connectivity index (χ0) is 19.6. The summed E-state index contributed by atoms with van der Waals surface area (Å²) in [6.07, 6.45) is 5.39. The van der Waals surface area contributed by atoms with Gasteiger partial charge in [0.05, 0.1) is 17.7 Å². The second-order valence-corrected chi connectivity index (χ2v) is 6.73. The first-order valence-corrected chi connectivity index (χ1v) is 9.58. The molecular formula is C23H28O4. The fraction of sp³-hybridized carbons (Fsp3) is 0.391. The molecule has 0 heterocycles. The summed E-state index contributed by atoms with van der Waals surface area (Å²) in [6, 6.07) is 12.1. The molecule has 0 atom stereocenters. The number of ether oxygens (including phenoxy) is 2. The Hall–Kier alpha value is -2.62. The number of aryl methyl sites for hydroxylation is 2. The summed E-state index contributed by atoms with van der Waals surface area (Å²) in [4.78, 5) is 24.9. The highest BCUT2D eigenvalue weighted by molar-refractivity contribution is 6.03. The lowest BCUT2D eigenvalue weighted by Crippen LogP contribution is -2.16. The molecule has 0 N–H and O–H groups in total. The highest BCUT2D eigenvalue weighted by Crippen LogP contribution is 2.19. The minimum Gasteiger partial charge on any atom is -0.462 e. The van der Waals surface area contributed by atoms with Crippen LogP contribution in [0.2, 0.25) is 0 Å². The van der Waals surface area contributed by atoms with Crippen LogP contribution in [0.15, 0.2) is 42.5 Å². The molecule has 144 valence electrons. The Kier molecular flexibility index (Phi) is 8.05. The Morgan fingerprint density at radius 1 is 0.815 bits per heavy atom. The first kappa shape index (κ1) is 20.7. The minimum absolute atomic E-state index is 0.215. The second kappa shape index (κ2) is 10.5. The zero-order valence-corrected chi connectivity index (χ0v) is 16.4. The monoisotopic (exact) mass is 368 g/mol. The first-order chi connectivity index (χ1) is 13.0. The van der Waals surface area contributed by atoms with Gasteiger partial charge in [-0.3, -0.25) is 0 Å². The van der Waals surface area contributed by atoms with Gasteiger partial charge in [-0.25, -0.2) is 9.59 Å².